The van der Waals surface area contributed by atoms with Crippen LogP contribution in [0.3, 0.4) is 0 Å². The van der Waals surface area contributed by atoms with Gasteiger partial charge in [-0.05, 0) is 12.1 Å². The molecule has 0 fully saturated rings. The maximum absolute atomic E-state index is 12.7. The molecule has 9 nitrogen and oxygen atoms in total. The molecule has 0 spiro atoms. The highest BCUT2D eigenvalue weighted by Gasteiger charge is 2.54. The molecule has 17 heteroatoms. The lowest BCUT2D eigenvalue weighted by Gasteiger charge is -2.22. The van der Waals surface area contributed by atoms with Crippen LogP contribution in [0.1, 0.15) is 5.69 Å². The molecule has 2 amide bonds. The third-order valence-electron chi connectivity index (χ3n) is 2.83. The fourth-order valence-electron chi connectivity index (χ4n) is 1.55. The average Bonchev–Trinajstić information content (AvgIpc) is 2.53. The minimum Gasteiger partial charge on any atom is -0.262 e. The summed E-state index contributed by atoms with van der Waals surface area (Å²) in [7, 11) is -13.0. The largest absolute Gasteiger partial charge is 0.516 e. The lowest BCUT2D eigenvalue weighted by molar-refractivity contribution is -0.142. The molecule has 0 radical (unpaired) electrons. The summed E-state index contributed by atoms with van der Waals surface area (Å²) in [5, 5.41) is 0. The van der Waals surface area contributed by atoms with E-state index in [-0.39, 0.29) is 10.4 Å². The predicted molar refractivity (Wildman–Crippen MR) is 77.7 cm³/mol. The zero-order valence-electron chi connectivity index (χ0n) is 13.2. The van der Waals surface area contributed by atoms with Crippen molar-refractivity contribution >= 4 is 31.9 Å². The van der Waals surface area contributed by atoms with E-state index in [1.54, 1.807) is 0 Å². The number of sulfonamides is 2. The summed E-state index contributed by atoms with van der Waals surface area (Å²) < 4.78 is 119. The fraction of sp³-hybridized carbons (Fsp3) is 0.364. The summed E-state index contributed by atoms with van der Waals surface area (Å²) in [6.45, 7) is -1.35. The van der Waals surface area contributed by atoms with E-state index < -0.39 is 60.1 Å². The van der Waals surface area contributed by atoms with E-state index >= 15 is 0 Å². The van der Waals surface area contributed by atoms with Gasteiger partial charge in [0.05, 0.1) is 0 Å². The van der Waals surface area contributed by atoms with Crippen molar-refractivity contribution in [3.63, 3.8) is 0 Å². The molecule has 0 aliphatic heterocycles. The Bertz CT molecular complexity index is 943. The van der Waals surface area contributed by atoms with Crippen molar-refractivity contribution < 1.29 is 52.8 Å². The molecule has 158 valence electrons. The number of aromatic nitrogens is 1. The molecule has 0 aromatic carbocycles. The maximum atomic E-state index is 12.7. The Morgan fingerprint density at radius 2 is 1.57 bits per heavy atom. The van der Waals surface area contributed by atoms with Crippen LogP contribution in [-0.4, -0.2) is 55.5 Å². The molecule has 1 N–H and O–H groups in total. The summed E-state index contributed by atoms with van der Waals surface area (Å²) in [6.07, 6.45) is 0.517. The first-order chi connectivity index (χ1) is 12.5. The van der Waals surface area contributed by atoms with Crippen LogP contribution >= 0.6 is 0 Å². The molecule has 0 saturated carbocycles. The first-order valence-corrected chi connectivity index (χ1v) is 9.59. The van der Waals surface area contributed by atoms with Crippen molar-refractivity contribution in [2.24, 2.45) is 0 Å². The number of alkyl halides is 6. The Kier molecular flexibility index (Phi) is 6.66. The second-order valence-corrected chi connectivity index (χ2v) is 8.31. The molecule has 0 unspecified atom stereocenters. The summed E-state index contributed by atoms with van der Waals surface area (Å²) in [6, 6.07) is 3.97. The SMILES string of the molecule is O=C(NS(=O)(=O)C(F)(F)F)C(=O)N(CCc1ccccn1)S(=O)(=O)C(F)(F)F. The van der Waals surface area contributed by atoms with Crippen molar-refractivity contribution in [3.05, 3.63) is 30.1 Å². The number of nitrogens with zero attached hydrogens (tertiary/aromatic N) is 2. The molecule has 1 heterocycles. The molecule has 0 bridgehead atoms. The van der Waals surface area contributed by atoms with Gasteiger partial charge in [-0.1, -0.05) is 6.07 Å². The molecule has 28 heavy (non-hydrogen) atoms. The van der Waals surface area contributed by atoms with Gasteiger partial charge in [0.2, 0.25) is 0 Å². The fourth-order valence-corrected chi connectivity index (χ4v) is 2.88. The molecule has 1 rings (SSSR count). The lowest BCUT2D eigenvalue weighted by atomic mass is 10.3. The molecule has 0 atom stereocenters. The van der Waals surface area contributed by atoms with Crippen LogP contribution in [0, 0.1) is 0 Å². The van der Waals surface area contributed by atoms with Gasteiger partial charge in [0, 0.05) is 24.9 Å². The number of rotatable bonds is 5. The van der Waals surface area contributed by atoms with Gasteiger partial charge in [-0.2, -0.15) is 43.2 Å². The Hall–Kier alpha value is -2.43. The van der Waals surface area contributed by atoms with Gasteiger partial charge in [0.1, 0.15) is 0 Å². The molecular formula is C11H9F6N3O6S2. The van der Waals surface area contributed by atoms with Crippen LogP contribution < -0.4 is 4.72 Å². The van der Waals surface area contributed by atoms with E-state index in [0.29, 0.717) is 0 Å². The smallest absolute Gasteiger partial charge is 0.262 e. The lowest BCUT2D eigenvalue weighted by Crippen LogP contribution is -2.53. The van der Waals surface area contributed by atoms with Crippen LogP contribution in [0.5, 0.6) is 0 Å². The number of carbonyl (C=O) groups is 2. The summed E-state index contributed by atoms with van der Waals surface area (Å²) in [4.78, 5) is 26.8. The average molecular weight is 457 g/mol. The van der Waals surface area contributed by atoms with Crippen molar-refractivity contribution in [2.45, 2.75) is 17.4 Å². The van der Waals surface area contributed by atoms with Crippen molar-refractivity contribution in [1.82, 2.24) is 14.0 Å². The molecule has 0 aliphatic rings. The number of hydrogen-bond acceptors (Lipinski definition) is 7. The maximum Gasteiger partial charge on any atom is 0.516 e. The zero-order chi connectivity index (χ0) is 22.0. The molecular weight excluding hydrogens is 448 g/mol. The van der Waals surface area contributed by atoms with Gasteiger partial charge < -0.3 is 0 Å². The minimum atomic E-state index is -6.52. The Morgan fingerprint density at radius 3 is 2.00 bits per heavy atom. The highest BCUT2D eigenvalue weighted by atomic mass is 32.2. The molecule has 1 aromatic heterocycles. The molecule has 0 aliphatic carbocycles. The first kappa shape index (κ1) is 23.6. The molecule has 1 aromatic rings. The Balaban J connectivity index is 3.20. The van der Waals surface area contributed by atoms with Crippen molar-refractivity contribution in [2.75, 3.05) is 6.54 Å². The van der Waals surface area contributed by atoms with Crippen molar-refractivity contribution in [1.29, 1.82) is 0 Å². The van der Waals surface area contributed by atoms with E-state index in [9.17, 15) is 52.8 Å². The first-order valence-electron chi connectivity index (χ1n) is 6.67. The number of pyridine rings is 1. The second kappa shape index (κ2) is 7.90. The minimum absolute atomic E-state index is 0.0269. The number of amides is 2. The van der Waals surface area contributed by atoms with Crippen LogP contribution in [-0.2, 0) is 36.1 Å². The van der Waals surface area contributed by atoms with Gasteiger partial charge in [-0.3, -0.25) is 14.6 Å². The highest BCUT2D eigenvalue weighted by molar-refractivity contribution is 7.91. The van der Waals surface area contributed by atoms with Gasteiger partial charge >= 0.3 is 42.9 Å². The van der Waals surface area contributed by atoms with Crippen LogP contribution in [0.25, 0.3) is 0 Å². The molecule has 0 saturated heterocycles. The van der Waals surface area contributed by atoms with Gasteiger partial charge in [0.15, 0.2) is 0 Å². The Morgan fingerprint density at radius 1 is 1.00 bits per heavy atom. The standard InChI is InChI=1S/C11H9F6N3O6S2/c12-10(13,14)27(23,24)19-8(21)9(22)20(28(25,26)11(15,16)17)6-4-7-3-1-2-5-18-7/h1-3,5H,4,6H2,(H,19,21). The number of hydrogen-bond donors (Lipinski definition) is 1. The normalized spacial score (nSPS) is 13.1. The van der Waals surface area contributed by atoms with E-state index in [2.05, 4.69) is 4.98 Å². The monoisotopic (exact) mass is 457 g/mol. The van der Waals surface area contributed by atoms with Gasteiger partial charge in [0.25, 0.3) is 0 Å². The third-order valence-corrected chi connectivity index (χ3v) is 5.41. The summed E-state index contributed by atoms with van der Waals surface area (Å²) in [5.74, 6) is -5.42. The second-order valence-electron chi connectivity index (χ2n) is 4.78. The van der Waals surface area contributed by atoms with E-state index in [1.807, 2.05) is 0 Å². The summed E-state index contributed by atoms with van der Waals surface area (Å²) in [5.41, 5.74) is -12.2. The third kappa shape index (κ3) is 5.31. The summed E-state index contributed by atoms with van der Waals surface area (Å²) >= 11 is 0. The van der Waals surface area contributed by atoms with E-state index in [0.717, 1.165) is 0 Å². The topological polar surface area (TPSA) is 131 Å². The van der Waals surface area contributed by atoms with Crippen LogP contribution in [0.15, 0.2) is 24.4 Å². The van der Waals surface area contributed by atoms with Crippen LogP contribution in [0.4, 0.5) is 26.3 Å². The number of nitrogens with one attached hydrogen (secondary N) is 1. The number of halogens is 6. The quantitative estimate of drug-likeness (QED) is 0.496. The van der Waals surface area contributed by atoms with Gasteiger partial charge in [-0.15, -0.1) is 0 Å². The van der Waals surface area contributed by atoms with Crippen molar-refractivity contribution in [3.8, 4) is 0 Å². The van der Waals surface area contributed by atoms with Crippen LogP contribution in [0.2, 0.25) is 0 Å². The number of carbonyl (C=O) groups excluding carboxylic acids is 2. The zero-order valence-corrected chi connectivity index (χ0v) is 14.8. The van der Waals surface area contributed by atoms with E-state index in [4.69, 9.17) is 0 Å². The highest BCUT2D eigenvalue weighted by Crippen LogP contribution is 2.27. The van der Waals surface area contributed by atoms with Gasteiger partial charge in [-0.25, -0.2) is 9.03 Å². The Labute approximate surface area is 153 Å². The predicted octanol–water partition coefficient (Wildman–Crippen LogP) is 0.268. The van der Waals surface area contributed by atoms with E-state index in [1.165, 1.54) is 24.4 Å².